The van der Waals surface area contributed by atoms with E-state index < -0.39 is 72.2 Å². The number of esters is 1. The van der Waals surface area contributed by atoms with Crippen molar-refractivity contribution in [3.8, 4) is 0 Å². The molecule has 12 heteroatoms. The van der Waals surface area contributed by atoms with Crippen molar-refractivity contribution < 1.29 is 38.5 Å². The normalized spacial score (nSPS) is 29.2. The Morgan fingerprint density at radius 1 is 0.893 bits per heavy atom. The molecule has 4 heterocycles. The minimum atomic E-state index is -1.60. The maximum absolute atomic E-state index is 15.6. The lowest BCUT2D eigenvalue weighted by atomic mass is 9.74. The number of hydrogen-bond donors (Lipinski definition) is 2. The molecule has 288 valence electrons. The number of nitrogens with zero attached hydrogens (tertiary/aromatic N) is 2. The van der Waals surface area contributed by atoms with E-state index >= 15 is 9.59 Å². The number of nitrogens with one attached hydrogen (secondary N) is 1. The van der Waals surface area contributed by atoms with E-state index in [1.54, 1.807) is 35.2 Å². The Bertz CT molecular complexity index is 2200. The smallest absolute Gasteiger partial charge is 0.313 e. The number of carbonyl (C=O) groups excluding carboxylic acids is 4. The summed E-state index contributed by atoms with van der Waals surface area (Å²) in [6.45, 7) is -0.347. The Hall–Kier alpha value is -5.14. The highest BCUT2D eigenvalue weighted by Gasteiger charge is 2.75. The number of anilines is 1. The van der Waals surface area contributed by atoms with Crippen LogP contribution in [0.4, 0.5) is 5.69 Å². The van der Waals surface area contributed by atoms with Crippen LogP contribution < -0.4 is 10.2 Å². The molecule has 4 aliphatic heterocycles. The summed E-state index contributed by atoms with van der Waals surface area (Å²) in [5, 5.41) is 16.0. The minimum Gasteiger partial charge on any atom is -0.455 e. The first-order valence-corrected chi connectivity index (χ1v) is 19.6. The summed E-state index contributed by atoms with van der Waals surface area (Å²) in [7, 11) is 1.51. The molecule has 2 N–H and O–H groups in total. The first-order chi connectivity index (χ1) is 27.3. The molecule has 4 aromatic carbocycles. The predicted molar refractivity (Wildman–Crippen MR) is 212 cm³/mol. The molecule has 8 rings (SSSR count). The van der Waals surface area contributed by atoms with E-state index in [-0.39, 0.29) is 25.5 Å². The molecule has 11 nitrogen and oxygen atoms in total. The van der Waals surface area contributed by atoms with Gasteiger partial charge in [0, 0.05) is 30.2 Å². The van der Waals surface area contributed by atoms with Crippen molar-refractivity contribution in [3.05, 3.63) is 137 Å². The van der Waals surface area contributed by atoms with Crippen LogP contribution in [0.1, 0.15) is 36.1 Å². The van der Waals surface area contributed by atoms with Gasteiger partial charge in [-0.1, -0.05) is 119 Å². The molecule has 3 amide bonds. The highest BCUT2D eigenvalue weighted by molar-refractivity contribution is 9.11. The Kier molecular flexibility index (Phi) is 10.6. The number of hydrogen-bond acceptors (Lipinski definition) is 8. The average molecular weight is 821 g/mol. The largest absolute Gasteiger partial charge is 0.455 e. The van der Waals surface area contributed by atoms with Crippen LogP contribution in [0.3, 0.4) is 0 Å². The number of benzene rings is 4. The van der Waals surface area contributed by atoms with E-state index in [4.69, 9.17) is 14.2 Å². The first kappa shape index (κ1) is 37.8. The maximum atomic E-state index is 15.6. The van der Waals surface area contributed by atoms with Gasteiger partial charge in [0.1, 0.15) is 29.8 Å². The van der Waals surface area contributed by atoms with Gasteiger partial charge in [0.15, 0.2) is 0 Å². The van der Waals surface area contributed by atoms with Crippen LogP contribution in [-0.4, -0.2) is 84.4 Å². The summed E-state index contributed by atoms with van der Waals surface area (Å²) >= 11 is 3.64. The summed E-state index contributed by atoms with van der Waals surface area (Å²) in [6, 6.07) is 28.7. The van der Waals surface area contributed by atoms with Gasteiger partial charge in [-0.2, -0.15) is 0 Å². The lowest BCUT2D eigenvalue weighted by molar-refractivity contribution is -0.162. The molecule has 5 bridgehead atoms. The fourth-order valence-electron chi connectivity index (χ4n) is 8.79. The molecule has 4 aliphatic rings. The minimum absolute atomic E-state index is 0.0369. The molecule has 0 unspecified atom stereocenters. The molecule has 1 spiro atoms. The molecule has 0 saturated carbocycles. The van der Waals surface area contributed by atoms with Gasteiger partial charge < -0.3 is 34.4 Å². The third-order valence-corrected chi connectivity index (χ3v) is 12.0. The van der Waals surface area contributed by atoms with Crippen LogP contribution >= 0.6 is 15.9 Å². The summed E-state index contributed by atoms with van der Waals surface area (Å²) in [4.78, 5) is 61.9. The summed E-state index contributed by atoms with van der Waals surface area (Å²) < 4.78 is 19.2. The fraction of sp³-hybridized carbons (Fsp3) is 0.318. The van der Waals surface area contributed by atoms with Gasteiger partial charge in [-0.15, -0.1) is 0 Å². The van der Waals surface area contributed by atoms with Gasteiger partial charge in [0.25, 0.3) is 5.91 Å². The van der Waals surface area contributed by atoms with E-state index in [2.05, 4.69) is 21.2 Å². The first-order valence-electron chi connectivity index (χ1n) is 18.8. The highest BCUT2D eigenvalue weighted by atomic mass is 79.9. The van der Waals surface area contributed by atoms with Crippen molar-refractivity contribution in [1.29, 1.82) is 0 Å². The molecule has 0 aliphatic carbocycles. The van der Waals surface area contributed by atoms with Crippen LogP contribution in [-0.2, 0) is 33.4 Å². The molecule has 56 heavy (non-hydrogen) atoms. The average Bonchev–Trinajstić information content (AvgIpc) is 3.81. The zero-order valence-corrected chi connectivity index (χ0v) is 32.3. The molecular weight excluding hydrogens is 778 g/mol. The van der Waals surface area contributed by atoms with Gasteiger partial charge >= 0.3 is 5.97 Å². The van der Waals surface area contributed by atoms with E-state index in [0.717, 1.165) is 10.8 Å². The van der Waals surface area contributed by atoms with E-state index in [1.165, 1.54) is 12.0 Å². The van der Waals surface area contributed by atoms with Crippen molar-refractivity contribution in [2.75, 3.05) is 31.8 Å². The van der Waals surface area contributed by atoms with Crippen LogP contribution in [0, 0.1) is 11.8 Å². The van der Waals surface area contributed by atoms with Crippen molar-refractivity contribution in [2.24, 2.45) is 11.8 Å². The Labute approximate surface area is 333 Å². The molecule has 0 radical (unpaired) electrons. The topological polar surface area (TPSA) is 135 Å². The van der Waals surface area contributed by atoms with E-state index in [0.29, 0.717) is 27.7 Å². The lowest BCUT2D eigenvalue weighted by Gasteiger charge is -2.39. The van der Waals surface area contributed by atoms with Crippen LogP contribution in [0.2, 0.25) is 0 Å². The SMILES string of the molecule is COC[C@@H]1NC(=O)CC/C=C\CN(c2ccc3ccccc3c2)C(=O)[C@H]2N([C@H](CO)c3ccccc3)C(=O)[C@@H]3[C@@H](C(=O)O[C@H]1c1ccccc1)[C@@H]1O[C@@]32C=C1Br. The number of aliphatic hydroxyl groups excluding tert-OH is 1. The zero-order chi connectivity index (χ0) is 39.0. The van der Waals surface area contributed by atoms with Gasteiger partial charge in [-0.05, 0) is 46.5 Å². The Balaban J connectivity index is 1.29. The van der Waals surface area contributed by atoms with Gasteiger partial charge in [0.05, 0.1) is 31.2 Å². The number of rotatable bonds is 7. The summed E-state index contributed by atoms with van der Waals surface area (Å²) in [6.07, 6.45) is 4.02. The second kappa shape index (κ2) is 15.8. The van der Waals surface area contributed by atoms with Crippen LogP contribution in [0.25, 0.3) is 10.8 Å². The number of ether oxygens (including phenoxy) is 3. The van der Waals surface area contributed by atoms with Crippen molar-refractivity contribution >= 4 is 56.1 Å². The fourth-order valence-corrected chi connectivity index (χ4v) is 9.53. The van der Waals surface area contributed by atoms with Crippen molar-refractivity contribution in [2.45, 2.75) is 48.8 Å². The molecule has 2 saturated heterocycles. The van der Waals surface area contributed by atoms with E-state index in [1.807, 2.05) is 91.0 Å². The molecule has 4 aromatic rings. The monoisotopic (exact) mass is 819 g/mol. The van der Waals surface area contributed by atoms with Crippen LogP contribution in [0.15, 0.2) is 126 Å². The number of methoxy groups -OCH3 is 1. The number of allylic oxidation sites excluding steroid dienone is 1. The van der Waals surface area contributed by atoms with Crippen LogP contribution in [0.5, 0.6) is 0 Å². The van der Waals surface area contributed by atoms with Gasteiger partial charge in [0.2, 0.25) is 11.8 Å². The number of carbonyl (C=O) groups is 4. The predicted octanol–water partition coefficient (Wildman–Crippen LogP) is 5.55. The number of halogens is 1. The third-order valence-electron chi connectivity index (χ3n) is 11.3. The second-order valence-corrected chi connectivity index (χ2v) is 15.5. The number of aliphatic hydroxyl groups is 1. The number of amides is 3. The Morgan fingerprint density at radius 3 is 2.34 bits per heavy atom. The summed E-state index contributed by atoms with van der Waals surface area (Å²) in [5.74, 6) is -4.31. The Morgan fingerprint density at radius 2 is 1.61 bits per heavy atom. The molecule has 2 fully saturated rings. The van der Waals surface area contributed by atoms with Crippen molar-refractivity contribution in [3.63, 3.8) is 0 Å². The highest BCUT2D eigenvalue weighted by Crippen LogP contribution is 2.60. The number of likely N-dealkylation sites (tertiary alicyclic amines) is 1. The van der Waals surface area contributed by atoms with Crippen molar-refractivity contribution in [1.82, 2.24) is 10.2 Å². The summed E-state index contributed by atoms with van der Waals surface area (Å²) in [5.41, 5.74) is 0.230. The number of fused-ring (bicyclic) bond motifs is 3. The van der Waals surface area contributed by atoms with Gasteiger partial charge in [-0.25, -0.2) is 0 Å². The van der Waals surface area contributed by atoms with Gasteiger partial charge in [-0.3, -0.25) is 19.2 Å². The molecular formula is C44H42BrN3O8. The maximum Gasteiger partial charge on any atom is 0.313 e. The zero-order valence-electron chi connectivity index (χ0n) is 30.7. The third kappa shape index (κ3) is 6.64. The lowest BCUT2D eigenvalue weighted by Crippen LogP contribution is -2.57. The van der Waals surface area contributed by atoms with E-state index in [9.17, 15) is 14.7 Å². The second-order valence-electron chi connectivity index (χ2n) is 14.6. The molecule has 0 aromatic heterocycles. The quantitative estimate of drug-likeness (QED) is 0.183. The number of cyclic esters (lactones) is 1. The standard InChI is InChI=1S/C44H42BrN3O8/c1-54-26-33-38(29-16-7-3-8-17-29)55-43(53)36-37-41(51)48(34(25-49)28-14-5-2-6-15-28)40(44(37)24-32(45)39(36)56-44)42(52)47(22-12-4-9-19-35(50)46-33)31-21-20-27-13-10-11-18-30(27)23-31/h2-8,10-18,20-21,23-24,33-34,36-40,49H,9,19,22,25-26H2,1H3,(H,46,50)/b12-4-/t33-,34+,36+,37-,38-,39+,40+,44-/m0/s1. The molecule has 8 atom stereocenters.